The summed E-state index contributed by atoms with van der Waals surface area (Å²) in [5, 5.41) is 2.59. The molecule has 1 amide bonds. The lowest BCUT2D eigenvalue weighted by Gasteiger charge is -2.26. The molecule has 0 radical (unpaired) electrons. The molecule has 2 fully saturated rings. The highest BCUT2D eigenvalue weighted by Crippen LogP contribution is 2.29. The first-order valence-electron chi connectivity index (χ1n) is 18.5. The molecule has 0 aliphatic carbocycles. The number of sulfonamides is 2. The van der Waals surface area contributed by atoms with Crippen LogP contribution in [0.4, 0.5) is 11.4 Å². The second-order valence-corrected chi connectivity index (χ2v) is 17.4. The lowest BCUT2D eigenvalue weighted by atomic mass is 10.2. The van der Waals surface area contributed by atoms with E-state index in [1.165, 1.54) is 52.5 Å². The summed E-state index contributed by atoms with van der Waals surface area (Å²) in [5.41, 5.74) is 7.35. The van der Waals surface area contributed by atoms with Crippen LogP contribution in [0.3, 0.4) is 0 Å². The molecule has 13 nitrogen and oxygen atoms in total. The first-order valence-corrected chi connectivity index (χ1v) is 22.5. The first-order chi connectivity index (χ1) is 27.6. The van der Waals surface area contributed by atoms with Crippen LogP contribution in [-0.4, -0.2) is 114 Å². The number of morpholine rings is 2. The quantitative estimate of drug-likeness (QED) is 0.119. The van der Waals surface area contributed by atoms with Gasteiger partial charge in [0.05, 0.1) is 36.5 Å². The third-order valence-electron chi connectivity index (χ3n) is 8.70. The number of benzene rings is 4. The molecule has 0 aromatic heterocycles. The number of nitrogens with one attached hydrogen (secondary N) is 1. The average Bonchev–Trinajstić information content (AvgIpc) is 3.25. The number of hydrogen-bond acceptors (Lipinski definition) is 10. The number of carbonyl (C=O) groups is 2. The Kier molecular flexibility index (Phi) is 22.6. The Morgan fingerprint density at radius 1 is 0.661 bits per heavy atom. The van der Waals surface area contributed by atoms with Crippen molar-refractivity contribution in [2.24, 2.45) is 0 Å². The molecule has 0 unspecified atom stereocenters. The van der Waals surface area contributed by atoms with Crippen molar-refractivity contribution in [2.45, 2.75) is 38.0 Å². The monoisotopic (exact) mass is 913 g/mol. The van der Waals surface area contributed by atoms with Gasteiger partial charge < -0.3 is 25.4 Å². The normalized spacial score (nSPS) is 14.5. The number of carbonyl (C=O) groups excluding carboxylic acids is 2. The van der Waals surface area contributed by atoms with Crippen molar-refractivity contribution in [3.63, 3.8) is 0 Å². The van der Waals surface area contributed by atoms with Gasteiger partial charge in [-0.1, -0.05) is 99.9 Å². The smallest absolute Gasteiger partial charge is 0.255 e. The molecule has 4 aromatic rings. The van der Waals surface area contributed by atoms with Crippen molar-refractivity contribution in [1.82, 2.24) is 13.5 Å². The fourth-order valence-corrected chi connectivity index (χ4v) is 9.33. The van der Waals surface area contributed by atoms with Crippen molar-refractivity contribution in [3.8, 4) is 0 Å². The van der Waals surface area contributed by atoms with Gasteiger partial charge >= 0.3 is 0 Å². The Labute approximate surface area is 364 Å². The summed E-state index contributed by atoms with van der Waals surface area (Å²) >= 11 is 17.2. The number of ether oxygens (including phenoxy) is 2. The van der Waals surface area contributed by atoms with Crippen LogP contribution in [0.15, 0.2) is 107 Å². The SMILES string of the molecule is C.CCN(CC)CC.Nc1ccc(Cl)c(S(=O)(=O)N2CCOCC2)c1.O=C(Cl)c1ccccc1.O=C(Nc1ccc(Cl)c(S(=O)(=O)N2CCOCC2)c1)c1ccccc1. The van der Waals surface area contributed by atoms with E-state index in [0.717, 1.165) is 0 Å². The van der Waals surface area contributed by atoms with Gasteiger partial charge in [0.1, 0.15) is 9.79 Å². The number of rotatable bonds is 10. The molecule has 0 atom stereocenters. The van der Waals surface area contributed by atoms with Gasteiger partial charge in [-0.25, -0.2) is 16.8 Å². The van der Waals surface area contributed by atoms with E-state index in [9.17, 15) is 26.4 Å². The highest BCUT2D eigenvalue weighted by Gasteiger charge is 2.30. The topological polar surface area (TPSA) is 169 Å². The molecule has 4 aromatic carbocycles. The fourth-order valence-electron chi connectivity index (χ4n) is 5.38. The minimum atomic E-state index is -3.75. The largest absolute Gasteiger partial charge is 0.399 e. The summed E-state index contributed by atoms with van der Waals surface area (Å²) in [7, 11) is -7.32. The average molecular weight is 915 g/mol. The molecule has 2 heterocycles. The summed E-state index contributed by atoms with van der Waals surface area (Å²) in [5.74, 6) is -0.322. The second-order valence-electron chi connectivity index (χ2n) is 12.4. The van der Waals surface area contributed by atoms with Gasteiger partial charge in [0.25, 0.3) is 11.1 Å². The summed E-state index contributed by atoms with van der Waals surface area (Å²) in [6.45, 7) is 12.9. The van der Waals surface area contributed by atoms with Crippen LogP contribution in [0.25, 0.3) is 0 Å². The van der Waals surface area contributed by atoms with E-state index in [4.69, 9.17) is 50.0 Å². The van der Waals surface area contributed by atoms with Crippen molar-refractivity contribution >= 4 is 77.4 Å². The predicted molar refractivity (Wildman–Crippen MR) is 238 cm³/mol. The van der Waals surface area contributed by atoms with Gasteiger partial charge in [-0.2, -0.15) is 8.61 Å². The summed E-state index contributed by atoms with van der Waals surface area (Å²) < 4.78 is 63.2. The number of nitrogens with two attached hydrogens (primary N) is 1. The molecule has 6 rings (SSSR count). The number of nitrogen functional groups attached to an aromatic ring is 1. The minimum Gasteiger partial charge on any atom is -0.399 e. The Bertz CT molecular complexity index is 2110. The molecule has 0 saturated carbocycles. The Hall–Kier alpha value is -3.61. The molecule has 18 heteroatoms. The maximum atomic E-state index is 12.8. The van der Waals surface area contributed by atoms with E-state index in [-0.39, 0.29) is 46.3 Å². The molecule has 0 spiro atoms. The number of amides is 1. The summed E-state index contributed by atoms with van der Waals surface area (Å²) in [6.07, 6.45) is 0. The molecular formula is C41H54Cl3N5O8S2. The van der Waals surface area contributed by atoms with Crippen molar-refractivity contribution in [1.29, 1.82) is 0 Å². The molecule has 0 bridgehead atoms. The van der Waals surface area contributed by atoms with E-state index < -0.39 is 25.3 Å². The van der Waals surface area contributed by atoms with Gasteiger partial charge in [0.15, 0.2) is 0 Å². The van der Waals surface area contributed by atoms with Gasteiger partial charge in [0.2, 0.25) is 20.0 Å². The highest BCUT2D eigenvalue weighted by molar-refractivity contribution is 7.89. The zero-order chi connectivity index (χ0) is 42.7. The lowest BCUT2D eigenvalue weighted by Crippen LogP contribution is -2.40. The van der Waals surface area contributed by atoms with Gasteiger partial charge in [0, 0.05) is 48.7 Å². The van der Waals surface area contributed by atoms with E-state index in [2.05, 4.69) is 31.0 Å². The van der Waals surface area contributed by atoms with Crippen LogP contribution in [0.1, 0.15) is 48.9 Å². The molecule has 3 N–H and O–H groups in total. The molecular weight excluding hydrogens is 861 g/mol. The lowest BCUT2D eigenvalue weighted by molar-refractivity contribution is 0.0730. The maximum absolute atomic E-state index is 12.8. The second kappa shape index (κ2) is 25.9. The standard InChI is InChI=1S/C17H17ClN2O4S.C10H13ClN2O3S.C7H5ClO.C6H15N.CH4/c18-15-7-6-14(19-17(21)13-4-2-1-3-5-13)12-16(15)25(22,23)20-8-10-24-11-9-20;11-9-2-1-8(12)7-10(9)17(14,15)13-3-5-16-6-4-13;8-7(9)6-4-2-1-3-5-6;1-4-7(5-2)6-3;/h1-7,12H,8-11H2,(H,19,21);1-2,7H,3-6,12H2;1-5H;4-6H2,1-3H3;1H4. The minimum absolute atomic E-state index is 0. The third kappa shape index (κ3) is 16.1. The van der Waals surface area contributed by atoms with Crippen LogP contribution in [-0.2, 0) is 29.5 Å². The molecule has 2 saturated heterocycles. The van der Waals surface area contributed by atoms with Gasteiger partial charge in [-0.15, -0.1) is 0 Å². The van der Waals surface area contributed by atoms with Gasteiger partial charge in [-0.3, -0.25) is 9.59 Å². The molecule has 324 valence electrons. The van der Waals surface area contributed by atoms with Crippen molar-refractivity contribution < 1.29 is 35.9 Å². The Balaban J connectivity index is 0.000000304. The van der Waals surface area contributed by atoms with E-state index >= 15 is 0 Å². The molecule has 59 heavy (non-hydrogen) atoms. The first kappa shape index (κ1) is 51.5. The van der Waals surface area contributed by atoms with Crippen LogP contribution in [0.5, 0.6) is 0 Å². The van der Waals surface area contributed by atoms with Gasteiger partial charge in [-0.05, 0) is 79.8 Å². The van der Waals surface area contributed by atoms with Crippen molar-refractivity contribution in [2.75, 3.05) is 83.3 Å². The van der Waals surface area contributed by atoms with Crippen molar-refractivity contribution in [3.05, 3.63) is 118 Å². The maximum Gasteiger partial charge on any atom is 0.255 e. The zero-order valence-electron chi connectivity index (χ0n) is 32.7. The number of halogens is 3. The van der Waals surface area contributed by atoms with Crippen LogP contribution >= 0.6 is 34.8 Å². The van der Waals surface area contributed by atoms with Crippen LogP contribution in [0.2, 0.25) is 10.0 Å². The van der Waals surface area contributed by atoms with Crippen LogP contribution in [0, 0.1) is 0 Å². The molecule has 2 aliphatic rings. The number of anilines is 2. The van der Waals surface area contributed by atoms with E-state index in [0.29, 0.717) is 62.0 Å². The predicted octanol–water partition coefficient (Wildman–Crippen LogP) is 7.61. The summed E-state index contributed by atoms with van der Waals surface area (Å²) in [4.78, 5) is 25.1. The highest BCUT2D eigenvalue weighted by atomic mass is 35.5. The zero-order valence-corrected chi connectivity index (χ0v) is 36.6. The number of nitrogens with zero attached hydrogens (tertiary/aromatic N) is 3. The third-order valence-corrected chi connectivity index (χ3v) is 13.7. The van der Waals surface area contributed by atoms with E-state index in [1.807, 2.05) is 12.1 Å². The Morgan fingerprint density at radius 3 is 1.46 bits per heavy atom. The van der Waals surface area contributed by atoms with E-state index in [1.54, 1.807) is 60.7 Å². The van der Waals surface area contributed by atoms with Crippen LogP contribution < -0.4 is 11.1 Å². The molecule has 2 aliphatic heterocycles. The fraction of sp³-hybridized carbons (Fsp3) is 0.366. The number of hydrogen-bond donors (Lipinski definition) is 2. The Morgan fingerprint density at radius 2 is 1.07 bits per heavy atom. The summed E-state index contributed by atoms with van der Waals surface area (Å²) in [6, 6.07) is 26.3.